The Morgan fingerprint density at radius 3 is 2.03 bits per heavy atom. The first-order valence-corrected chi connectivity index (χ1v) is 13.9. The predicted molar refractivity (Wildman–Crippen MR) is 155 cm³/mol. The van der Waals surface area contributed by atoms with Gasteiger partial charge >= 0.3 is 0 Å². The van der Waals surface area contributed by atoms with Gasteiger partial charge in [0.05, 0.1) is 11.1 Å². The summed E-state index contributed by atoms with van der Waals surface area (Å²) in [7, 11) is 0. The molecule has 38 heavy (non-hydrogen) atoms. The molecule has 1 amide bonds. The Kier molecular flexibility index (Phi) is 6.86. The largest absolute Gasteiger partial charge is 0.338 e. The van der Waals surface area contributed by atoms with Crippen LogP contribution in [0.15, 0.2) is 97.2 Å². The Morgan fingerprint density at radius 1 is 0.789 bits per heavy atom. The smallest absolute Gasteiger partial charge is 0.256 e. The molecule has 4 aromatic rings. The van der Waals surface area contributed by atoms with Crippen LogP contribution in [0.3, 0.4) is 0 Å². The number of carbonyl (C=O) groups excluding carboxylic acids is 1. The lowest BCUT2D eigenvalue weighted by Crippen LogP contribution is -2.57. The van der Waals surface area contributed by atoms with Gasteiger partial charge in [-0.15, -0.1) is 0 Å². The molecular weight excluding hydrogens is 468 g/mol. The van der Waals surface area contributed by atoms with E-state index in [0.29, 0.717) is 6.04 Å². The Balaban J connectivity index is 1.11. The molecule has 0 atom stereocenters. The minimum absolute atomic E-state index is 0.108. The zero-order valence-electron chi connectivity index (χ0n) is 22.2. The number of pyridine rings is 1. The van der Waals surface area contributed by atoms with E-state index in [1.54, 1.807) is 6.20 Å². The van der Waals surface area contributed by atoms with Crippen molar-refractivity contribution in [2.75, 3.05) is 31.1 Å². The summed E-state index contributed by atoms with van der Waals surface area (Å²) in [6, 6.07) is 31.9. The second-order valence-corrected chi connectivity index (χ2v) is 10.9. The van der Waals surface area contributed by atoms with Gasteiger partial charge in [0.1, 0.15) is 0 Å². The number of nitrogens with zero attached hydrogens (tertiary/aromatic N) is 4. The molecule has 0 saturated carbocycles. The highest BCUT2D eigenvalue weighted by molar-refractivity contribution is 6.05. The molecule has 0 spiro atoms. The van der Waals surface area contributed by atoms with Crippen molar-refractivity contribution in [3.05, 3.63) is 103 Å². The molecule has 2 fully saturated rings. The molecule has 1 aromatic heterocycles. The second kappa shape index (κ2) is 10.6. The summed E-state index contributed by atoms with van der Waals surface area (Å²) in [4.78, 5) is 25.2. The van der Waals surface area contributed by atoms with Crippen LogP contribution in [0, 0.1) is 0 Å². The van der Waals surface area contributed by atoms with Crippen LogP contribution in [-0.4, -0.2) is 58.5 Å². The van der Waals surface area contributed by atoms with Crippen LogP contribution < -0.4 is 4.90 Å². The number of hydrogen-bond donors (Lipinski definition) is 0. The van der Waals surface area contributed by atoms with Crippen molar-refractivity contribution in [1.82, 2.24) is 14.8 Å². The van der Waals surface area contributed by atoms with Crippen LogP contribution in [0.1, 0.15) is 43.0 Å². The van der Waals surface area contributed by atoms with Crippen molar-refractivity contribution in [3.8, 4) is 0 Å². The van der Waals surface area contributed by atoms with Crippen LogP contribution in [0.5, 0.6) is 0 Å². The van der Waals surface area contributed by atoms with Gasteiger partial charge < -0.3 is 9.80 Å². The Labute approximate surface area is 225 Å². The molecule has 194 valence electrons. The van der Waals surface area contributed by atoms with E-state index in [-0.39, 0.29) is 11.4 Å². The number of hydrogen-bond acceptors (Lipinski definition) is 4. The van der Waals surface area contributed by atoms with Crippen molar-refractivity contribution in [3.63, 3.8) is 0 Å². The predicted octanol–water partition coefficient (Wildman–Crippen LogP) is 6.53. The summed E-state index contributed by atoms with van der Waals surface area (Å²) >= 11 is 0. The number of anilines is 2. The summed E-state index contributed by atoms with van der Waals surface area (Å²) in [6.45, 7) is 6.15. The molecule has 0 unspecified atom stereocenters. The zero-order chi connectivity index (χ0) is 26.0. The summed E-state index contributed by atoms with van der Waals surface area (Å²) < 4.78 is 0. The zero-order valence-corrected chi connectivity index (χ0v) is 22.2. The minimum Gasteiger partial charge on any atom is -0.338 e. The van der Waals surface area contributed by atoms with E-state index in [2.05, 4.69) is 82.4 Å². The molecule has 2 aliphatic heterocycles. The van der Waals surface area contributed by atoms with Crippen LogP contribution in [-0.2, 0) is 0 Å². The van der Waals surface area contributed by atoms with E-state index in [9.17, 15) is 4.79 Å². The van der Waals surface area contributed by atoms with Gasteiger partial charge in [-0.05, 0) is 69.0 Å². The summed E-state index contributed by atoms with van der Waals surface area (Å²) in [5, 5.41) is 1.02. The van der Waals surface area contributed by atoms with Crippen LogP contribution in [0.25, 0.3) is 10.9 Å². The van der Waals surface area contributed by atoms with Gasteiger partial charge in [0.2, 0.25) is 0 Å². The Morgan fingerprint density at radius 2 is 1.39 bits per heavy atom. The maximum atomic E-state index is 13.5. The topological polar surface area (TPSA) is 39.7 Å². The molecule has 2 aliphatic rings. The summed E-state index contributed by atoms with van der Waals surface area (Å²) in [6.07, 6.45) is 6.03. The molecular formula is C33H36N4O. The lowest BCUT2D eigenvalue weighted by molar-refractivity contribution is 0.0178. The highest BCUT2D eigenvalue weighted by atomic mass is 16.2. The normalized spacial score (nSPS) is 18.4. The maximum absolute atomic E-state index is 13.5. The molecule has 0 N–H and O–H groups in total. The first-order valence-electron chi connectivity index (χ1n) is 13.9. The van der Waals surface area contributed by atoms with Crippen molar-refractivity contribution < 1.29 is 4.79 Å². The fourth-order valence-corrected chi connectivity index (χ4v) is 6.37. The Bertz CT molecular complexity index is 1330. The van der Waals surface area contributed by atoms with Crippen LogP contribution >= 0.6 is 0 Å². The van der Waals surface area contributed by atoms with E-state index >= 15 is 0 Å². The highest BCUT2D eigenvalue weighted by Crippen LogP contribution is 2.36. The van der Waals surface area contributed by atoms with E-state index in [1.165, 1.54) is 11.4 Å². The average Bonchev–Trinajstić information content (AvgIpc) is 2.98. The molecule has 0 bridgehead atoms. The highest BCUT2D eigenvalue weighted by Gasteiger charge is 2.39. The number of carbonyl (C=O) groups is 1. The molecule has 6 rings (SSSR count). The van der Waals surface area contributed by atoms with Crippen LogP contribution in [0.4, 0.5) is 11.4 Å². The number of para-hydroxylation sites is 3. The van der Waals surface area contributed by atoms with Gasteiger partial charge in [-0.2, -0.15) is 0 Å². The molecule has 3 aromatic carbocycles. The number of aromatic nitrogens is 1. The van der Waals surface area contributed by atoms with Gasteiger partial charge in [0, 0.05) is 60.7 Å². The van der Waals surface area contributed by atoms with Crippen molar-refractivity contribution in [1.29, 1.82) is 0 Å². The van der Waals surface area contributed by atoms with Crippen molar-refractivity contribution >= 4 is 28.2 Å². The molecule has 5 heteroatoms. The minimum atomic E-state index is 0.108. The average molecular weight is 505 g/mol. The third kappa shape index (κ3) is 4.79. The lowest BCUT2D eigenvalue weighted by Gasteiger charge is -2.50. The lowest BCUT2D eigenvalue weighted by atomic mass is 9.85. The maximum Gasteiger partial charge on any atom is 0.256 e. The van der Waals surface area contributed by atoms with Crippen molar-refractivity contribution in [2.45, 2.75) is 44.2 Å². The quantitative estimate of drug-likeness (QED) is 0.310. The number of benzene rings is 3. The molecule has 5 nitrogen and oxygen atoms in total. The van der Waals surface area contributed by atoms with Gasteiger partial charge in [-0.3, -0.25) is 14.7 Å². The first kappa shape index (κ1) is 24.6. The SMILES string of the molecule is CC1(N2CCC(N(c3ccccc3)c3ccccc3)CC2)CCN(C(=O)c2cccc3cccnc23)CC1. The van der Waals surface area contributed by atoms with E-state index in [4.69, 9.17) is 0 Å². The summed E-state index contributed by atoms with van der Waals surface area (Å²) in [5.74, 6) is 0.108. The number of piperidine rings is 2. The van der Waals surface area contributed by atoms with Crippen LogP contribution in [0.2, 0.25) is 0 Å². The molecule has 2 saturated heterocycles. The Hall–Kier alpha value is -3.70. The number of fused-ring (bicyclic) bond motifs is 1. The number of amides is 1. The van der Waals surface area contributed by atoms with Gasteiger partial charge in [0.25, 0.3) is 5.91 Å². The van der Waals surface area contributed by atoms with Crippen molar-refractivity contribution in [2.24, 2.45) is 0 Å². The molecule has 0 aliphatic carbocycles. The van der Waals surface area contributed by atoms with Gasteiger partial charge in [0.15, 0.2) is 0 Å². The molecule has 0 radical (unpaired) electrons. The van der Waals surface area contributed by atoms with Gasteiger partial charge in [-0.1, -0.05) is 54.6 Å². The third-order valence-corrected chi connectivity index (χ3v) is 8.65. The number of likely N-dealkylation sites (tertiary alicyclic amines) is 2. The second-order valence-electron chi connectivity index (χ2n) is 10.9. The van der Waals surface area contributed by atoms with E-state index in [0.717, 1.165) is 68.3 Å². The fraction of sp³-hybridized carbons (Fsp3) is 0.333. The summed E-state index contributed by atoms with van der Waals surface area (Å²) in [5.41, 5.74) is 4.17. The molecule has 3 heterocycles. The van der Waals surface area contributed by atoms with Gasteiger partial charge in [-0.25, -0.2) is 0 Å². The number of rotatable bonds is 5. The standard InChI is InChI=1S/C33H36N4O/c1-33(19-24-35(25-20-33)32(38)30-16-8-10-26-11-9-21-34-31(26)30)36-22-17-29(18-23-36)37(27-12-4-2-5-13-27)28-14-6-3-7-15-28/h2-16,21,29H,17-20,22-25H2,1H3. The monoisotopic (exact) mass is 504 g/mol. The van der Waals surface area contributed by atoms with E-state index in [1.807, 2.05) is 35.2 Å². The first-order chi connectivity index (χ1) is 18.6. The van der Waals surface area contributed by atoms with E-state index < -0.39 is 0 Å². The third-order valence-electron chi connectivity index (χ3n) is 8.65. The fourth-order valence-electron chi connectivity index (χ4n) is 6.37.